The smallest absolute Gasteiger partial charge is 0.159 e. The molecule has 0 unspecified atom stereocenters. The average molecular weight is 272 g/mol. The van der Waals surface area contributed by atoms with Gasteiger partial charge in [-0.2, -0.15) is 0 Å². The molecule has 0 amide bonds. The van der Waals surface area contributed by atoms with Gasteiger partial charge in [-0.25, -0.2) is 9.97 Å². The number of nitrogens with one attached hydrogen (secondary N) is 1. The van der Waals surface area contributed by atoms with E-state index in [1.165, 1.54) is 5.56 Å². The van der Waals surface area contributed by atoms with Gasteiger partial charge in [0, 0.05) is 56.1 Å². The molecule has 2 rings (SSSR count). The van der Waals surface area contributed by atoms with Crippen LogP contribution in [0.1, 0.15) is 18.1 Å². The van der Waals surface area contributed by atoms with E-state index in [9.17, 15) is 0 Å². The molecule has 2 heterocycles. The summed E-state index contributed by atoms with van der Waals surface area (Å²) in [5, 5.41) is 3.27. The first-order valence-electron chi connectivity index (χ1n) is 6.79. The van der Waals surface area contributed by atoms with Crippen molar-refractivity contribution in [2.24, 2.45) is 0 Å². The zero-order chi connectivity index (χ0) is 14.2. The predicted octanol–water partition coefficient (Wildman–Crippen LogP) is 1.84. The molecule has 0 radical (unpaired) electrons. The van der Waals surface area contributed by atoms with E-state index in [1.54, 1.807) is 13.3 Å². The highest BCUT2D eigenvalue weighted by atomic mass is 16.5. The summed E-state index contributed by atoms with van der Waals surface area (Å²) >= 11 is 0. The fourth-order valence-corrected chi connectivity index (χ4v) is 1.92. The number of hydrogen-bond acceptors (Lipinski definition) is 5. The second kappa shape index (κ2) is 7.67. The van der Waals surface area contributed by atoms with Crippen LogP contribution in [0.15, 0.2) is 30.9 Å². The van der Waals surface area contributed by atoms with Crippen LogP contribution in [0, 0.1) is 0 Å². The second-order valence-corrected chi connectivity index (χ2v) is 4.47. The quantitative estimate of drug-likeness (QED) is 0.779. The standard InChI is InChI=1S/C15H20N4O/c1-3-13-11-16-5-4-14(13)15-18-9-12(10-19-15)8-17-6-7-20-2/h4-5,9-11,17H,3,6-8H2,1-2H3. The topological polar surface area (TPSA) is 59.9 Å². The first-order valence-corrected chi connectivity index (χ1v) is 6.79. The zero-order valence-electron chi connectivity index (χ0n) is 12.0. The molecule has 0 aromatic carbocycles. The normalized spacial score (nSPS) is 10.7. The number of pyridine rings is 1. The monoisotopic (exact) mass is 272 g/mol. The van der Waals surface area contributed by atoms with Gasteiger partial charge in [-0.3, -0.25) is 4.98 Å². The number of rotatable bonds is 7. The van der Waals surface area contributed by atoms with Crippen LogP contribution in [-0.4, -0.2) is 35.2 Å². The lowest BCUT2D eigenvalue weighted by atomic mass is 10.1. The van der Waals surface area contributed by atoms with Crippen LogP contribution >= 0.6 is 0 Å². The second-order valence-electron chi connectivity index (χ2n) is 4.47. The van der Waals surface area contributed by atoms with Gasteiger partial charge in [-0.05, 0) is 18.1 Å². The summed E-state index contributed by atoms with van der Waals surface area (Å²) in [5.41, 5.74) is 3.29. The highest BCUT2D eigenvalue weighted by Crippen LogP contribution is 2.19. The Bertz CT molecular complexity index is 528. The van der Waals surface area contributed by atoms with Crippen molar-refractivity contribution >= 4 is 0 Å². The van der Waals surface area contributed by atoms with E-state index in [0.29, 0.717) is 6.61 Å². The number of methoxy groups -OCH3 is 1. The minimum atomic E-state index is 0.704. The van der Waals surface area contributed by atoms with Crippen molar-refractivity contribution < 1.29 is 4.74 Å². The molecular formula is C15H20N4O. The van der Waals surface area contributed by atoms with Crippen molar-refractivity contribution in [3.63, 3.8) is 0 Å². The molecule has 5 nitrogen and oxygen atoms in total. The molecule has 0 aliphatic carbocycles. The lowest BCUT2D eigenvalue weighted by Crippen LogP contribution is -2.18. The number of aryl methyl sites for hydroxylation is 1. The average Bonchev–Trinajstić information content (AvgIpc) is 2.52. The number of aromatic nitrogens is 3. The third kappa shape index (κ3) is 3.82. The molecule has 0 aliphatic heterocycles. The molecule has 106 valence electrons. The van der Waals surface area contributed by atoms with Gasteiger partial charge in [0.25, 0.3) is 0 Å². The summed E-state index contributed by atoms with van der Waals surface area (Å²) in [7, 11) is 1.69. The summed E-state index contributed by atoms with van der Waals surface area (Å²) in [5.74, 6) is 0.755. The van der Waals surface area contributed by atoms with Crippen LogP contribution in [0.25, 0.3) is 11.4 Å². The minimum absolute atomic E-state index is 0.704. The van der Waals surface area contributed by atoms with Gasteiger partial charge in [0.05, 0.1) is 6.61 Å². The number of hydrogen-bond donors (Lipinski definition) is 1. The number of ether oxygens (including phenoxy) is 1. The Kier molecular flexibility index (Phi) is 5.58. The molecule has 0 saturated heterocycles. The Morgan fingerprint density at radius 2 is 2.00 bits per heavy atom. The SMILES string of the molecule is CCc1cnccc1-c1ncc(CNCCOC)cn1. The first-order chi connectivity index (χ1) is 9.85. The fraction of sp³-hybridized carbons (Fsp3) is 0.400. The van der Waals surface area contributed by atoms with Crippen LogP contribution in [0.4, 0.5) is 0 Å². The summed E-state index contributed by atoms with van der Waals surface area (Å²) in [6, 6.07) is 1.96. The number of nitrogens with zero attached hydrogens (tertiary/aromatic N) is 3. The van der Waals surface area contributed by atoms with Crippen molar-refractivity contribution in [2.75, 3.05) is 20.3 Å². The van der Waals surface area contributed by atoms with Crippen LogP contribution < -0.4 is 5.32 Å². The highest BCUT2D eigenvalue weighted by Gasteiger charge is 2.06. The molecule has 2 aromatic rings. The van der Waals surface area contributed by atoms with Crippen LogP contribution in [-0.2, 0) is 17.7 Å². The zero-order valence-corrected chi connectivity index (χ0v) is 12.0. The van der Waals surface area contributed by atoms with Gasteiger partial charge >= 0.3 is 0 Å². The molecule has 0 fully saturated rings. The van der Waals surface area contributed by atoms with Gasteiger partial charge in [0.2, 0.25) is 0 Å². The minimum Gasteiger partial charge on any atom is -0.383 e. The van der Waals surface area contributed by atoms with E-state index in [1.807, 2.05) is 24.7 Å². The maximum atomic E-state index is 4.98. The Morgan fingerprint density at radius 3 is 2.70 bits per heavy atom. The first kappa shape index (κ1) is 14.6. The molecule has 0 atom stereocenters. The molecule has 2 aromatic heterocycles. The predicted molar refractivity (Wildman–Crippen MR) is 78.2 cm³/mol. The van der Waals surface area contributed by atoms with E-state index >= 15 is 0 Å². The van der Waals surface area contributed by atoms with E-state index in [2.05, 4.69) is 27.2 Å². The van der Waals surface area contributed by atoms with Gasteiger partial charge in [-0.15, -0.1) is 0 Å². The summed E-state index contributed by atoms with van der Waals surface area (Å²) in [6.45, 7) is 4.38. The van der Waals surface area contributed by atoms with Crippen molar-refractivity contribution in [1.82, 2.24) is 20.3 Å². The van der Waals surface area contributed by atoms with E-state index in [0.717, 1.165) is 36.5 Å². The van der Waals surface area contributed by atoms with Crippen molar-refractivity contribution in [2.45, 2.75) is 19.9 Å². The largest absolute Gasteiger partial charge is 0.383 e. The van der Waals surface area contributed by atoms with E-state index < -0.39 is 0 Å². The van der Waals surface area contributed by atoms with Crippen molar-refractivity contribution in [1.29, 1.82) is 0 Å². The van der Waals surface area contributed by atoms with Crippen LogP contribution in [0.3, 0.4) is 0 Å². The van der Waals surface area contributed by atoms with Crippen LogP contribution in [0.5, 0.6) is 0 Å². The van der Waals surface area contributed by atoms with E-state index in [4.69, 9.17) is 4.74 Å². The van der Waals surface area contributed by atoms with Gasteiger partial charge in [0.1, 0.15) is 0 Å². The maximum Gasteiger partial charge on any atom is 0.159 e. The summed E-state index contributed by atoms with van der Waals surface area (Å²) in [4.78, 5) is 13.0. The Hall–Kier alpha value is -1.85. The molecular weight excluding hydrogens is 252 g/mol. The molecule has 1 N–H and O–H groups in total. The summed E-state index contributed by atoms with van der Waals surface area (Å²) in [6.07, 6.45) is 8.30. The Labute approximate surface area is 119 Å². The van der Waals surface area contributed by atoms with Gasteiger partial charge < -0.3 is 10.1 Å². The third-order valence-electron chi connectivity index (χ3n) is 3.04. The van der Waals surface area contributed by atoms with Crippen molar-refractivity contribution in [3.05, 3.63) is 42.0 Å². The maximum absolute atomic E-state index is 4.98. The molecule has 0 aliphatic rings. The molecule has 20 heavy (non-hydrogen) atoms. The molecule has 5 heteroatoms. The highest BCUT2D eigenvalue weighted by molar-refractivity contribution is 5.58. The van der Waals surface area contributed by atoms with Crippen LogP contribution in [0.2, 0.25) is 0 Å². The van der Waals surface area contributed by atoms with Gasteiger partial charge in [0.15, 0.2) is 5.82 Å². The third-order valence-corrected chi connectivity index (χ3v) is 3.04. The lowest BCUT2D eigenvalue weighted by molar-refractivity contribution is 0.199. The lowest BCUT2D eigenvalue weighted by Gasteiger charge is -2.07. The van der Waals surface area contributed by atoms with Crippen molar-refractivity contribution in [3.8, 4) is 11.4 Å². The molecule has 0 spiro atoms. The fourth-order valence-electron chi connectivity index (χ4n) is 1.92. The molecule has 0 bridgehead atoms. The summed E-state index contributed by atoms with van der Waals surface area (Å²) < 4.78 is 4.98. The molecule has 0 saturated carbocycles. The van der Waals surface area contributed by atoms with E-state index in [-0.39, 0.29) is 0 Å². The Morgan fingerprint density at radius 1 is 1.20 bits per heavy atom. The van der Waals surface area contributed by atoms with Gasteiger partial charge in [-0.1, -0.05) is 6.92 Å². The Balaban J connectivity index is 2.04.